The molecule has 0 fully saturated rings. The molecule has 12 heteroatoms. The highest BCUT2D eigenvalue weighted by molar-refractivity contribution is 7.11. The van der Waals surface area contributed by atoms with Crippen molar-refractivity contribution < 1.29 is 43.4 Å². The van der Waals surface area contributed by atoms with Crippen molar-refractivity contribution in [3.05, 3.63) is 156 Å². The van der Waals surface area contributed by atoms with E-state index in [0.717, 1.165) is 34.2 Å². The number of thiophene rings is 2. The maximum Gasteiger partial charge on any atom is 0.233 e. The Morgan fingerprint density at radius 3 is 1.80 bits per heavy atom. The number of benzene rings is 2. The van der Waals surface area contributed by atoms with E-state index in [0.29, 0.717) is 52.9 Å². The van der Waals surface area contributed by atoms with Crippen LogP contribution in [-0.2, 0) is 19.1 Å². The zero-order valence-corrected chi connectivity index (χ0v) is 35.8. The number of rotatable bonds is 3. The van der Waals surface area contributed by atoms with Crippen molar-refractivity contribution in [1.82, 2.24) is 4.90 Å². The summed E-state index contributed by atoms with van der Waals surface area (Å²) in [6.45, 7) is 8.32. The third kappa shape index (κ3) is 9.35. The lowest BCUT2D eigenvalue weighted by atomic mass is 9.69. The third-order valence-corrected chi connectivity index (χ3v) is 12.2. The standard InChI is InChI=1S/C23H18O4S.C10H17NO.C10H6O3.C5H4OS/c1-23(2)10-14(24)17-15(11-23)27-22-19(18(17)16-8-5-9-28-16)20(25)12-6-3-4-7-13(12)21(22)26;1-10(2)6-8(11(3)4)5-9(12)7-10;11-8-5-9(12)10(13)7-4-2-1-3-6(7)8;6-4-5-2-1-3-7-5/h3-9,18H,10-11H2,1-2H3;5H,6-7H2,1-4H3;1-5,11H;1-4H. The minimum Gasteiger partial charge on any atom is -0.507 e. The predicted molar refractivity (Wildman–Crippen MR) is 231 cm³/mol. The minimum atomic E-state index is -0.670. The number of ketones is 6. The minimum absolute atomic E-state index is 0.00434. The van der Waals surface area contributed by atoms with Gasteiger partial charge in [-0.25, -0.2) is 0 Å². The van der Waals surface area contributed by atoms with Gasteiger partial charge in [0.2, 0.25) is 17.3 Å². The Morgan fingerprint density at radius 1 is 0.667 bits per heavy atom. The van der Waals surface area contributed by atoms with E-state index in [1.807, 2.05) is 61.8 Å². The second kappa shape index (κ2) is 17.6. The van der Waals surface area contributed by atoms with Crippen molar-refractivity contribution in [2.75, 3.05) is 14.1 Å². The average Bonchev–Trinajstić information content (AvgIpc) is 3.94. The molecular formula is C48H45NO9S2. The molecule has 4 aliphatic carbocycles. The fraction of sp³-hybridized carbons (Fsp3) is 0.271. The molecule has 4 aromatic rings. The number of Topliss-reactive ketones (excluding diaryl/α,β-unsaturated/α-hetero) is 4. The fourth-order valence-corrected chi connectivity index (χ4v) is 9.07. The Bertz CT molecular complexity index is 2530. The van der Waals surface area contributed by atoms with Gasteiger partial charge in [-0.1, -0.05) is 88.4 Å². The van der Waals surface area contributed by atoms with Gasteiger partial charge in [-0.3, -0.25) is 33.6 Å². The SMILES string of the molecule is CC1(C)CC(=O)C2=C(C1)OC1=C(C(=O)c3ccccc3C1=O)C2c1cccs1.CN(C)C1=CC(=O)CC(C)(C)C1.O=C1C=C(O)c2ccccc2C1=O.O=Cc1cccs1. The van der Waals surface area contributed by atoms with Gasteiger partial charge in [-0.2, -0.15) is 0 Å². The Kier molecular flexibility index (Phi) is 12.8. The van der Waals surface area contributed by atoms with E-state index >= 15 is 0 Å². The molecule has 1 N–H and O–H groups in total. The number of carbonyl (C=O) groups is 7. The van der Waals surface area contributed by atoms with Crippen LogP contribution in [0.15, 0.2) is 124 Å². The van der Waals surface area contributed by atoms with E-state index in [9.17, 15) is 38.7 Å². The molecule has 308 valence electrons. The number of ether oxygens (including phenoxy) is 1. The van der Waals surface area contributed by atoms with Crippen LogP contribution in [0.2, 0.25) is 0 Å². The van der Waals surface area contributed by atoms with Crippen molar-refractivity contribution in [3.63, 3.8) is 0 Å². The topological polar surface area (TPSA) is 152 Å². The maximum atomic E-state index is 13.4. The first kappa shape index (κ1) is 43.5. The van der Waals surface area contributed by atoms with Gasteiger partial charge in [0.25, 0.3) is 0 Å². The summed E-state index contributed by atoms with van der Waals surface area (Å²) in [6, 6.07) is 20.8. The smallest absolute Gasteiger partial charge is 0.233 e. The molecule has 0 bridgehead atoms. The summed E-state index contributed by atoms with van der Waals surface area (Å²) >= 11 is 2.94. The highest BCUT2D eigenvalue weighted by Crippen LogP contribution is 2.52. The number of hydrogen-bond donors (Lipinski definition) is 1. The number of aliphatic hydroxyl groups excluding tert-OH is 1. The molecule has 0 saturated heterocycles. The highest BCUT2D eigenvalue weighted by Gasteiger charge is 2.48. The fourth-order valence-electron chi connectivity index (χ4n) is 7.70. The van der Waals surface area contributed by atoms with Gasteiger partial charge in [0, 0.05) is 83.9 Å². The van der Waals surface area contributed by atoms with Crippen molar-refractivity contribution in [3.8, 4) is 0 Å². The second-order valence-corrected chi connectivity index (χ2v) is 18.6. The van der Waals surface area contributed by atoms with Crippen LogP contribution in [0.5, 0.6) is 0 Å². The molecule has 1 aliphatic heterocycles. The molecule has 0 spiro atoms. The molecule has 1 unspecified atom stereocenters. The lowest BCUT2D eigenvalue weighted by Gasteiger charge is -2.39. The Labute approximate surface area is 356 Å². The summed E-state index contributed by atoms with van der Waals surface area (Å²) in [5.74, 6) is -1.53. The van der Waals surface area contributed by atoms with Crippen LogP contribution in [0.3, 0.4) is 0 Å². The van der Waals surface area contributed by atoms with Gasteiger partial charge in [0.1, 0.15) is 11.5 Å². The van der Waals surface area contributed by atoms with Crippen LogP contribution >= 0.6 is 22.7 Å². The number of carbonyl (C=O) groups excluding carboxylic acids is 7. The highest BCUT2D eigenvalue weighted by atomic mass is 32.1. The Balaban J connectivity index is 0.000000156. The molecule has 10 nitrogen and oxygen atoms in total. The molecule has 60 heavy (non-hydrogen) atoms. The summed E-state index contributed by atoms with van der Waals surface area (Å²) in [5.41, 5.74) is 3.33. The number of fused-ring (bicyclic) bond motifs is 2. The summed E-state index contributed by atoms with van der Waals surface area (Å²) in [7, 11) is 3.97. The van der Waals surface area contributed by atoms with Crippen LogP contribution in [0.25, 0.3) is 5.76 Å². The van der Waals surface area contributed by atoms with Gasteiger partial charge in [0.05, 0.1) is 16.4 Å². The molecule has 9 rings (SSSR count). The molecule has 1 atom stereocenters. The Hall–Kier alpha value is -6.11. The largest absolute Gasteiger partial charge is 0.507 e. The number of aldehydes is 1. The quantitative estimate of drug-likeness (QED) is 0.156. The molecule has 0 saturated carbocycles. The summed E-state index contributed by atoms with van der Waals surface area (Å²) in [4.78, 5) is 86.8. The monoisotopic (exact) mass is 843 g/mol. The van der Waals surface area contributed by atoms with E-state index in [2.05, 4.69) is 13.8 Å². The molecular weight excluding hydrogens is 799 g/mol. The first-order valence-corrected chi connectivity index (χ1v) is 21.1. The first-order valence-electron chi connectivity index (χ1n) is 19.3. The van der Waals surface area contributed by atoms with E-state index in [-0.39, 0.29) is 51.0 Å². The lowest BCUT2D eigenvalue weighted by Crippen LogP contribution is -2.37. The molecule has 3 heterocycles. The molecule has 0 radical (unpaired) electrons. The molecule has 2 aromatic heterocycles. The summed E-state index contributed by atoms with van der Waals surface area (Å²) in [5, 5.41) is 13.1. The number of aliphatic hydroxyl groups is 1. The maximum absolute atomic E-state index is 13.4. The zero-order valence-electron chi connectivity index (χ0n) is 34.2. The Morgan fingerprint density at radius 2 is 1.25 bits per heavy atom. The summed E-state index contributed by atoms with van der Waals surface area (Å²) in [6.07, 6.45) is 6.23. The van der Waals surface area contributed by atoms with Crippen LogP contribution in [0.1, 0.15) is 110 Å². The molecule has 2 aromatic carbocycles. The average molecular weight is 844 g/mol. The van der Waals surface area contributed by atoms with Crippen LogP contribution in [0, 0.1) is 10.8 Å². The number of hydrogen-bond acceptors (Lipinski definition) is 12. The predicted octanol–water partition coefficient (Wildman–Crippen LogP) is 9.57. The van der Waals surface area contributed by atoms with Crippen LogP contribution in [0.4, 0.5) is 0 Å². The van der Waals surface area contributed by atoms with Crippen molar-refractivity contribution in [1.29, 1.82) is 0 Å². The molecule has 0 amide bonds. The number of nitrogens with zero attached hydrogens (tertiary/aromatic N) is 1. The van der Waals surface area contributed by atoms with Crippen molar-refractivity contribution >= 4 is 69.4 Å². The second-order valence-electron chi connectivity index (χ2n) is 16.7. The number of allylic oxidation sites excluding steroid dienone is 7. The van der Waals surface area contributed by atoms with Crippen molar-refractivity contribution in [2.45, 2.75) is 59.3 Å². The normalized spacial score (nSPS) is 19.5. The zero-order chi connectivity index (χ0) is 43.5. The van der Waals surface area contributed by atoms with Crippen molar-refractivity contribution in [2.24, 2.45) is 10.8 Å². The van der Waals surface area contributed by atoms with E-state index in [4.69, 9.17) is 4.74 Å². The van der Waals surface area contributed by atoms with Gasteiger partial charge in [-0.15, -0.1) is 22.7 Å². The van der Waals surface area contributed by atoms with E-state index in [1.165, 1.54) is 28.7 Å². The van der Waals surface area contributed by atoms with Gasteiger partial charge >= 0.3 is 0 Å². The lowest BCUT2D eigenvalue weighted by molar-refractivity contribution is -0.119. The van der Waals surface area contributed by atoms with Gasteiger partial charge in [0.15, 0.2) is 29.4 Å². The van der Waals surface area contributed by atoms with E-state index < -0.39 is 17.5 Å². The van der Waals surface area contributed by atoms with Gasteiger partial charge < -0.3 is 14.7 Å². The summed E-state index contributed by atoms with van der Waals surface area (Å²) < 4.78 is 6.04. The third-order valence-electron chi connectivity index (χ3n) is 10.4. The van der Waals surface area contributed by atoms with Crippen LogP contribution < -0.4 is 0 Å². The van der Waals surface area contributed by atoms with Gasteiger partial charge in [-0.05, 0) is 40.1 Å². The van der Waals surface area contributed by atoms with Crippen LogP contribution in [-0.4, -0.2) is 65.1 Å². The molecule has 5 aliphatic rings. The first-order chi connectivity index (χ1) is 28.4. The van der Waals surface area contributed by atoms with E-state index in [1.54, 1.807) is 54.6 Å².